The van der Waals surface area contributed by atoms with E-state index in [1.165, 1.54) is 24.3 Å². The van der Waals surface area contributed by atoms with Crippen LogP contribution >= 0.6 is 0 Å². The molecule has 0 aliphatic rings. The van der Waals surface area contributed by atoms with Crippen molar-refractivity contribution >= 4 is 38.2 Å². The van der Waals surface area contributed by atoms with Gasteiger partial charge in [0.15, 0.2) is 0 Å². The minimum absolute atomic E-state index is 0.0624. The molecular formula is C26H21F4N3O3S. The molecule has 0 atom stereocenters. The molecule has 11 heteroatoms. The summed E-state index contributed by atoms with van der Waals surface area (Å²) in [6.07, 6.45) is -4.60. The highest BCUT2D eigenvalue weighted by Gasteiger charge is 2.30. The van der Waals surface area contributed by atoms with Gasteiger partial charge in [0.05, 0.1) is 10.5 Å². The SMILES string of the molecule is O=C(Nc1cccc(C(F)(F)F)c1)N(CCNS(=O)(=O)c1cccc2ccccc12)c1ccc(F)cc1. The van der Waals surface area contributed by atoms with Crippen LogP contribution in [0.25, 0.3) is 10.8 Å². The molecule has 0 heterocycles. The molecular weight excluding hydrogens is 510 g/mol. The molecule has 0 saturated carbocycles. The monoisotopic (exact) mass is 531 g/mol. The first kappa shape index (κ1) is 26.1. The van der Waals surface area contributed by atoms with Crippen LogP contribution in [0.4, 0.5) is 33.7 Å². The van der Waals surface area contributed by atoms with Crippen molar-refractivity contribution in [1.82, 2.24) is 4.72 Å². The fourth-order valence-corrected chi connectivity index (χ4v) is 4.98. The van der Waals surface area contributed by atoms with E-state index in [1.54, 1.807) is 36.4 Å². The van der Waals surface area contributed by atoms with Gasteiger partial charge in [-0.05, 0) is 53.9 Å². The van der Waals surface area contributed by atoms with E-state index in [1.807, 2.05) is 0 Å². The first-order valence-electron chi connectivity index (χ1n) is 11.0. The van der Waals surface area contributed by atoms with Gasteiger partial charge in [0.25, 0.3) is 0 Å². The number of sulfonamides is 1. The molecule has 0 aliphatic heterocycles. The van der Waals surface area contributed by atoms with Crippen LogP contribution in [0.3, 0.4) is 0 Å². The van der Waals surface area contributed by atoms with Gasteiger partial charge in [-0.25, -0.2) is 22.3 Å². The molecule has 0 bridgehead atoms. The Bertz CT molecular complexity index is 1520. The third-order valence-electron chi connectivity index (χ3n) is 5.49. The van der Waals surface area contributed by atoms with Crippen molar-refractivity contribution in [3.8, 4) is 0 Å². The Morgan fingerprint density at radius 2 is 1.54 bits per heavy atom. The van der Waals surface area contributed by atoms with Gasteiger partial charge in [0.2, 0.25) is 10.0 Å². The van der Waals surface area contributed by atoms with Gasteiger partial charge >= 0.3 is 12.2 Å². The van der Waals surface area contributed by atoms with E-state index < -0.39 is 33.6 Å². The molecule has 37 heavy (non-hydrogen) atoms. The normalized spacial score (nSPS) is 11.9. The molecule has 0 fully saturated rings. The molecule has 0 saturated heterocycles. The molecule has 0 aromatic heterocycles. The first-order valence-corrected chi connectivity index (χ1v) is 12.5. The Morgan fingerprint density at radius 1 is 0.865 bits per heavy atom. The number of anilines is 2. The molecule has 0 radical (unpaired) electrons. The first-order chi connectivity index (χ1) is 17.5. The fourth-order valence-electron chi connectivity index (χ4n) is 3.73. The van der Waals surface area contributed by atoms with Crippen LogP contribution < -0.4 is 14.9 Å². The maximum atomic E-state index is 13.5. The van der Waals surface area contributed by atoms with Crippen LogP contribution in [0.2, 0.25) is 0 Å². The maximum Gasteiger partial charge on any atom is 0.416 e. The number of carbonyl (C=O) groups excluding carboxylic acids is 1. The van der Waals surface area contributed by atoms with Crippen LogP contribution in [0.1, 0.15) is 5.56 Å². The number of carbonyl (C=O) groups is 1. The van der Waals surface area contributed by atoms with Crippen molar-refractivity contribution in [2.45, 2.75) is 11.1 Å². The van der Waals surface area contributed by atoms with Crippen LogP contribution in [-0.4, -0.2) is 27.5 Å². The van der Waals surface area contributed by atoms with E-state index in [0.29, 0.717) is 5.39 Å². The number of rotatable bonds is 7. The van der Waals surface area contributed by atoms with Gasteiger partial charge in [-0.15, -0.1) is 0 Å². The van der Waals surface area contributed by atoms with Gasteiger partial charge in [0.1, 0.15) is 5.82 Å². The summed E-state index contributed by atoms with van der Waals surface area (Å²) in [7, 11) is -3.97. The smallest absolute Gasteiger partial charge is 0.308 e. The Labute approximate surface area is 210 Å². The second-order valence-corrected chi connectivity index (χ2v) is 9.75. The van der Waals surface area contributed by atoms with E-state index in [-0.39, 0.29) is 29.4 Å². The van der Waals surface area contributed by atoms with Gasteiger partial charge in [-0.3, -0.25) is 4.90 Å². The second-order valence-electron chi connectivity index (χ2n) is 8.01. The zero-order valence-electron chi connectivity index (χ0n) is 19.2. The maximum absolute atomic E-state index is 13.5. The molecule has 192 valence electrons. The molecule has 4 aromatic carbocycles. The van der Waals surface area contributed by atoms with Gasteiger partial charge in [-0.1, -0.05) is 42.5 Å². The van der Waals surface area contributed by atoms with Crippen molar-refractivity contribution in [3.63, 3.8) is 0 Å². The van der Waals surface area contributed by atoms with Crippen molar-refractivity contribution in [1.29, 1.82) is 0 Å². The molecule has 0 aliphatic carbocycles. The Kier molecular flexibility index (Phi) is 7.46. The topological polar surface area (TPSA) is 78.5 Å². The minimum atomic E-state index is -4.60. The van der Waals surface area contributed by atoms with Crippen LogP contribution in [0.5, 0.6) is 0 Å². The molecule has 6 nitrogen and oxygen atoms in total. The average molecular weight is 532 g/mol. The van der Waals surface area contributed by atoms with E-state index in [9.17, 15) is 30.8 Å². The van der Waals surface area contributed by atoms with Crippen LogP contribution in [0, 0.1) is 5.82 Å². The summed E-state index contributed by atoms with van der Waals surface area (Å²) in [5.74, 6) is -0.557. The number of benzene rings is 4. The van der Waals surface area contributed by atoms with Crippen LogP contribution in [0.15, 0.2) is 95.9 Å². The highest BCUT2D eigenvalue weighted by atomic mass is 32.2. The van der Waals surface area contributed by atoms with Crippen molar-refractivity contribution in [2.75, 3.05) is 23.3 Å². The molecule has 2 N–H and O–H groups in total. The molecule has 4 aromatic rings. The third-order valence-corrected chi connectivity index (χ3v) is 7.01. The lowest BCUT2D eigenvalue weighted by molar-refractivity contribution is -0.137. The zero-order chi connectivity index (χ0) is 26.6. The zero-order valence-corrected chi connectivity index (χ0v) is 20.0. The number of nitrogens with zero attached hydrogens (tertiary/aromatic N) is 1. The number of amides is 2. The number of alkyl halides is 3. The number of hydrogen-bond donors (Lipinski definition) is 2. The van der Waals surface area contributed by atoms with Gasteiger partial charge in [-0.2, -0.15) is 13.2 Å². The summed E-state index contributed by atoms with van der Waals surface area (Å²) >= 11 is 0. The summed E-state index contributed by atoms with van der Waals surface area (Å²) in [6, 6.07) is 19.9. The Balaban J connectivity index is 1.54. The number of fused-ring (bicyclic) bond motifs is 1. The van der Waals surface area contributed by atoms with Crippen LogP contribution in [-0.2, 0) is 16.2 Å². The highest BCUT2D eigenvalue weighted by Crippen LogP contribution is 2.31. The lowest BCUT2D eigenvalue weighted by atomic mass is 10.1. The Hall–Kier alpha value is -3.96. The second kappa shape index (κ2) is 10.6. The highest BCUT2D eigenvalue weighted by molar-refractivity contribution is 7.89. The summed E-state index contributed by atoms with van der Waals surface area (Å²) in [6.45, 7) is -0.417. The predicted octanol–water partition coefficient (Wildman–Crippen LogP) is 6.01. The summed E-state index contributed by atoms with van der Waals surface area (Å²) in [5, 5.41) is 3.65. The fraction of sp³-hybridized carbons (Fsp3) is 0.115. The summed E-state index contributed by atoms with van der Waals surface area (Å²) in [5.41, 5.74) is -0.833. The van der Waals surface area contributed by atoms with Gasteiger partial charge < -0.3 is 5.32 Å². The quantitative estimate of drug-likeness (QED) is 0.287. The van der Waals surface area contributed by atoms with Crippen molar-refractivity contribution in [2.24, 2.45) is 0 Å². The number of nitrogens with one attached hydrogen (secondary N) is 2. The van der Waals surface area contributed by atoms with E-state index >= 15 is 0 Å². The Morgan fingerprint density at radius 3 is 2.27 bits per heavy atom. The largest absolute Gasteiger partial charge is 0.416 e. The number of halogens is 4. The molecule has 0 spiro atoms. The molecule has 0 unspecified atom stereocenters. The molecule has 4 rings (SSSR count). The third kappa shape index (κ3) is 6.25. The molecule has 2 amide bonds. The van der Waals surface area contributed by atoms with Crippen molar-refractivity contribution < 1.29 is 30.8 Å². The average Bonchev–Trinajstić information content (AvgIpc) is 2.86. The summed E-state index contributed by atoms with van der Waals surface area (Å²) < 4.78 is 81.1. The van der Waals surface area contributed by atoms with E-state index in [4.69, 9.17) is 0 Å². The number of hydrogen-bond acceptors (Lipinski definition) is 3. The lowest BCUT2D eigenvalue weighted by Crippen LogP contribution is -2.41. The van der Waals surface area contributed by atoms with Crippen molar-refractivity contribution in [3.05, 3.63) is 102 Å². The van der Waals surface area contributed by atoms with E-state index in [2.05, 4.69) is 10.0 Å². The minimum Gasteiger partial charge on any atom is -0.308 e. The standard InChI is InChI=1S/C26H21F4N3O3S/c27-20-11-13-22(14-12-20)33(25(34)32-21-8-4-7-19(17-21)26(28,29)30)16-15-31-37(35,36)24-10-3-6-18-5-1-2-9-23(18)24/h1-14,17,31H,15-16H2,(H,32,34). The van der Waals surface area contributed by atoms with E-state index in [0.717, 1.165) is 40.6 Å². The number of urea groups is 1. The van der Waals surface area contributed by atoms with Gasteiger partial charge in [0, 0.05) is 29.9 Å². The summed E-state index contributed by atoms with van der Waals surface area (Å²) in [4.78, 5) is 14.2. The predicted molar refractivity (Wildman–Crippen MR) is 133 cm³/mol. The lowest BCUT2D eigenvalue weighted by Gasteiger charge is -2.24.